The van der Waals surface area contributed by atoms with Crippen LogP contribution in [-0.2, 0) is 19.8 Å². The minimum absolute atomic E-state index is 0.0684. The van der Waals surface area contributed by atoms with E-state index in [2.05, 4.69) is 29.4 Å². The number of carbonyl (C=O) groups is 3. The predicted molar refractivity (Wildman–Crippen MR) is 179 cm³/mol. The summed E-state index contributed by atoms with van der Waals surface area (Å²) in [6, 6.07) is 8.61. The maximum Gasteiger partial charge on any atom is 0.249 e. The third-order valence-electron chi connectivity index (χ3n) is 9.73. The highest BCUT2D eigenvalue weighted by Crippen LogP contribution is 2.29. The Bertz CT molecular complexity index is 1150. The highest BCUT2D eigenvalue weighted by molar-refractivity contribution is 5.94. The Kier molecular flexibility index (Phi) is 12.2. The molecule has 44 heavy (non-hydrogen) atoms. The zero-order chi connectivity index (χ0) is 32.8. The van der Waals surface area contributed by atoms with Crippen molar-refractivity contribution in [2.75, 3.05) is 40.3 Å². The van der Waals surface area contributed by atoms with Crippen molar-refractivity contribution in [2.45, 2.75) is 111 Å². The molecule has 3 rings (SSSR count). The average molecular weight is 610 g/mol. The number of hydrogen-bond donors (Lipinski definition) is 2. The largest absolute Gasteiger partial charge is 0.342 e. The maximum atomic E-state index is 14.2. The lowest BCUT2D eigenvalue weighted by molar-refractivity contribution is -0.141. The van der Waals surface area contributed by atoms with Crippen LogP contribution < -0.4 is 10.6 Å². The van der Waals surface area contributed by atoms with Crippen molar-refractivity contribution in [3.05, 3.63) is 47.5 Å². The maximum absolute atomic E-state index is 14.2. The van der Waals surface area contributed by atoms with Gasteiger partial charge in [0, 0.05) is 37.2 Å². The van der Waals surface area contributed by atoms with Crippen LogP contribution in [0.15, 0.2) is 42.0 Å². The molecular weight excluding hydrogens is 550 g/mol. The zero-order valence-electron chi connectivity index (χ0n) is 29.1. The molecule has 3 amide bonds. The summed E-state index contributed by atoms with van der Waals surface area (Å²) in [5, 5.41) is 6.33. The van der Waals surface area contributed by atoms with Gasteiger partial charge in [0.15, 0.2) is 0 Å². The van der Waals surface area contributed by atoms with E-state index in [1.807, 2.05) is 82.9 Å². The quantitative estimate of drug-likeness (QED) is 0.339. The van der Waals surface area contributed by atoms with Gasteiger partial charge in [-0.05, 0) is 69.6 Å². The van der Waals surface area contributed by atoms with E-state index in [-0.39, 0.29) is 35.7 Å². The zero-order valence-corrected chi connectivity index (χ0v) is 29.1. The molecule has 0 bridgehead atoms. The molecule has 0 radical (unpaired) electrons. The van der Waals surface area contributed by atoms with Crippen molar-refractivity contribution in [3.63, 3.8) is 0 Å². The number of nitrogens with one attached hydrogen (secondary N) is 2. The van der Waals surface area contributed by atoms with Crippen molar-refractivity contribution in [1.29, 1.82) is 0 Å². The molecule has 0 saturated carbocycles. The van der Waals surface area contributed by atoms with E-state index in [1.165, 1.54) is 12.8 Å². The first-order valence-electron chi connectivity index (χ1n) is 16.6. The van der Waals surface area contributed by atoms with Gasteiger partial charge < -0.3 is 25.3 Å². The first-order valence-corrected chi connectivity index (χ1v) is 16.6. The minimum Gasteiger partial charge on any atom is -0.342 e. The van der Waals surface area contributed by atoms with Crippen LogP contribution in [0.5, 0.6) is 0 Å². The van der Waals surface area contributed by atoms with Gasteiger partial charge in [-0.2, -0.15) is 0 Å². The van der Waals surface area contributed by atoms with Gasteiger partial charge in [0.1, 0.15) is 6.04 Å². The Morgan fingerprint density at radius 2 is 1.59 bits per heavy atom. The molecular formula is C36H59N5O3. The second-order valence-corrected chi connectivity index (χ2v) is 15.0. The number of amides is 3. The Hall–Kier alpha value is -2.71. The summed E-state index contributed by atoms with van der Waals surface area (Å²) in [5.41, 5.74) is 0.661. The summed E-state index contributed by atoms with van der Waals surface area (Å²) in [7, 11) is 3.58. The molecule has 0 spiro atoms. The molecule has 246 valence electrons. The van der Waals surface area contributed by atoms with Crippen molar-refractivity contribution >= 4 is 17.7 Å². The molecule has 2 saturated heterocycles. The molecule has 4 atom stereocenters. The van der Waals surface area contributed by atoms with Crippen molar-refractivity contribution in [3.8, 4) is 0 Å². The van der Waals surface area contributed by atoms with Gasteiger partial charge in [0.05, 0.1) is 12.1 Å². The second-order valence-electron chi connectivity index (χ2n) is 15.0. The smallest absolute Gasteiger partial charge is 0.249 e. The number of benzene rings is 1. The molecule has 0 aromatic heterocycles. The number of rotatable bonds is 12. The lowest BCUT2D eigenvalue weighted by atomic mass is 9.76. The van der Waals surface area contributed by atoms with Crippen LogP contribution in [0.2, 0.25) is 0 Å². The van der Waals surface area contributed by atoms with Gasteiger partial charge in [-0.3, -0.25) is 14.4 Å². The van der Waals surface area contributed by atoms with Gasteiger partial charge in [-0.1, -0.05) is 84.9 Å². The molecule has 1 aromatic carbocycles. The van der Waals surface area contributed by atoms with Crippen LogP contribution in [0.3, 0.4) is 0 Å². The van der Waals surface area contributed by atoms with Gasteiger partial charge in [-0.25, -0.2) is 0 Å². The molecule has 2 N–H and O–H groups in total. The van der Waals surface area contributed by atoms with Crippen molar-refractivity contribution < 1.29 is 14.4 Å². The van der Waals surface area contributed by atoms with E-state index in [0.29, 0.717) is 5.57 Å². The summed E-state index contributed by atoms with van der Waals surface area (Å²) in [6.45, 7) is 20.0. The third-order valence-corrected chi connectivity index (χ3v) is 9.73. The normalized spacial score (nSPS) is 20.5. The van der Waals surface area contributed by atoms with Gasteiger partial charge in [0.25, 0.3) is 0 Å². The van der Waals surface area contributed by atoms with E-state index in [0.717, 1.165) is 44.6 Å². The first-order chi connectivity index (χ1) is 20.6. The van der Waals surface area contributed by atoms with Crippen LogP contribution >= 0.6 is 0 Å². The monoisotopic (exact) mass is 609 g/mol. The number of likely N-dealkylation sites (tertiary alicyclic amines) is 2. The van der Waals surface area contributed by atoms with E-state index >= 15 is 0 Å². The summed E-state index contributed by atoms with van der Waals surface area (Å²) < 4.78 is 0. The highest BCUT2D eigenvalue weighted by atomic mass is 16.2. The lowest BCUT2D eigenvalue weighted by Gasteiger charge is -2.40. The first kappa shape index (κ1) is 35.8. The number of nitrogens with zero attached hydrogens (tertiary/aromatic N) is 3. The fourth-order valence-corrected chi connectivity index (χ4v) is 6.94. The predicted octanol–water partition coefficient (Wildman–Crippen LogP) is 4.60. The number of hydrogen-bond acceptors (Lipinski definition) is 5. The fourth-order valence-electron chi connectivity index (χ4n) is 6.94. The van der Waals surface area contributed by atoms with Crippen LogP contribution in [0, 0.1) is 11.3 Å². The fraction of sp³-hybridized carbons (Fsp3) is 0.694. The summed E-state index contributed by atoms with van der Waals surface area (Å²) in [6.07, 6.45) is 6.53. The topological polar surface area (TPSA) is 85.0 Å². The number of likely N-dealkylation sites (N-methyl/N-ethyl adjacent to an activating group) is 2. The third kappa shape index (κ3) is 8.51. The standard InChI is InChI=1S/C36H59N5O3/c1-25(2)29(23-26(3)33(43)41-22-16-19-28(41)24-40-20-14-15-21-40)39(10)34(44)31(35(4,5)6)38-32(42)30(37-9)36(7,8)27-17-12-11-13-18-27/h11-13,17-18,23,25,28-31,37H,14-16,19-22,24H2,1-10H3,(H,38,42)/t28-,29+,30+,31+/m0/s1. The van der Waals surface area contributed by atoms with E-state index in [4.69, 9.17) is 0 Å². The molecule has 2 aliphatic heterocycles. The van der Waals surface area contributed by atoms with Crippen LogP contribution in [0.1, 0.15) is 86.6 Å². The highest BCUT2D eigenvalue weighted by Gasteiger charge is 2.42. The Morgan fingerprint density at radius 1 is 0.977 bits per heavy atom. The number of carbonyl (C=O) groups excluding carboxylic acids is 3. The molecule has 1 aromatic rings. The molecule has 2 heterocycles. The molecule has 8 nitrogen and oxygen atoms in total. The second kappa shape index (κ2) is 15.0. The Labute approximate surface area is 267 Å². The van der Waals surface area contributed by atoms with Crippen LogP contribution in [0.4, 0.5) is 0 Å². The van der Waals surface area contributed by atoms with E-state index in [9.17, 15) is 14.4 Å². The lowest BCUT2D eigenvalue weighted by Crippen LogP contribution is -2.61. The Balaban J connectivity index is 1.79. The molecule has 2 fully saturated rings. The van der Waals surface area contributed by atoms with Gasteiger partial charge in [-0.15, -0.1) is 0 Å². The van der Waals surface area contributed by atoms with E-state index < -0.39 is 22.9 Å². The van der Waals surface area contributed by atoms with Crippen molar-refractivity contribution in [2.24, 2.45) is 11.3 Å². The van der Waals surface area contributed by atoms with Gasteiger partial charge >= 0.3 is 0 Å². The van der Waals surface area contributed by atoms with Crippen LogP contribution in [-0.4, -0.2) is 96.9 Å². The van der Waals surface area contributed by atoms with Crippen LogP contribution in [0.25, 0.3) is 0 Å². The minimum atomic E-state index is -0.753. The average Bonchev–Trinajstić information content (AvgIpc) is 3.66. The molecule has 0 aliphatic carbocycles. The van der Waals surface area contributed by atoms with Gasteiger partial charge in [0.2, 0.25) is 17.7 Å². The van der Waals surface area contributed by atoms with E-state index in [1.54, 1.807) is 19.0 Å². The molecule has 0 unspecified atom stereocenters. The molecule has 8 heteroatoms. The van der Waals surface area contributed by atoms with Crippen molar-refractivity contribution in [1.82, 2.24) is 25.3 Å². The summed E-state index contributed by atoms with van der Waals surface area (Å²) in [5.74, 6) is -0.242. The Morgan fingerprint density at radius 3 is 2.14 bits per heavy atom. The molecule has 2 aliphatic rings. The summed E-state index contributed by atoms with van der Waals surface area (Å²) >= 11 is 0. The SMILES string of the molecule is CN[C@H](C(=O)N[C@H](C(=O)N(C)[C@H](C=C(C)C(=O)N1CCC[C@H]1CN1CCCC1)C(C)C)C(C)(C)C)C(C)(C)c1ccccc1. The summed E-state index contributed by atoms with van der Waals surface area (Å²) in [4.78, 5) is 48.0.